The van der Waals surface area contributed by atoms with Crippen LogP contribution in [0.1, 0.15) is 53.0 Å². The fourth-order valence-electron chi connectivity index (χ4n) is 4.70. The number of carbonyl (C=O) groups excluding carboxylic acids is 1. The van der Waals surface area contributed by atoms with Crippen molar-refractivity contribution in [2.24, 2.45) is 5.92 Å². The molecule has 2 saturated heterocycles. The summed E-state index contributed by atoms with van der Waals surface area (Å²) in [5.74, 6) is 2.46. The summed E-state index contributed by atoms with van der Waals surface area (Å²) in [5, 5.41) is 0.629. The topological polar surface area (TPSA) is 58.1 Å². The Morgan fingerprint density at radius 3 is 2.47 bits per heavy atom. The molecule has 1 amide bonds. The van der Waals surface area contributed by atoms with Gasteiger partial charge in [0.25, 0.3) is 0 Å². The molecule has 0 bridgehead atoms. The number of ether oxygens (including phenoxy) is 2. The van der Waals surface area contributed by atoms with Gasteiger partial charge in [-0.2, -0.15) is 0 Å². The van der Waals surface area contributed by atoms with Crippen LogP contribution in [-0.4, -0.2) is 76.5 Å². The molecule has 1 aromatic rings. The summed E-state index contributed by atoms with van der Waals surface area (Å²) < 4.78 is 14.3. The lowest BCUT2D eigenvalue weighted by Crippen LogP contribution is -2.44. The number of amides is 1. The molecule has 4 heterocycles. The summed E-state index contributed by atoms with van der Waals surface area (Å²) in [6.07, 6.45) is 4.73. The average molecular weight is 463 g/mol. The molecular weight excluding hydrogens is 424 g/mol. The van der Waals surface area contributed by atoms with Crippen LogP contribution in [0, 0.1) is 5.92 Å². The van der Waals surface area contributed by atoms with Gasteiger partial charge < -0.3 is 19.3 Å². The SMILES string of the molecule is CC(C)SN1CCN(c2cc3c(cn2)OC(C2CCN(C(=O)OC(C)(C)C)CC2)C3)CC1. The lowest BCUT2D eigenvalue weighted by atomic mass is 9.89. The fourth-order valence-corrected chi connectivity index (χ4v) is 5.67. The van der Waals surface area contributed by atoms with Gasteiger partial charge in [-0.05, 0) is 45.6 Å². The average Bonchev–Trinajstić information content (AvgIpc) is 3.16. The van der Waals surface area contributed by atoms with Gasteiger partial charge in [-0.25, -0.2) is 14.1 Å². The number of likely N-dealkylation sites (tertiary alicyclic amines) is 1. The monoisotopic (exact) mass is 462 g/mol. The Morgan fingerprint density at radius 2 is 1.84 bits per heavy atom. The normalized spacial score (nSPS) is 22.8. The molecule has 0 N–H and O–H groups in total. The van der Waals surface area contributed by atoms with Gasteiger partial charge in [-0.1, -0.05) is 25.8 Å². The minimum atomic E-state index is -0.450. The Labute approximate surface area is 196 Å². The van der Waals surface area contributed by atoms with E-state index in [9.17, 15) is 4.79 Å². The van der Waals surface area contributed by atoms with Crippen LogP contribution in [0.5, 0.6) is 5.75 Å². The molecule has 4 rings (SSSR count). The van der Waals surface area contributed by atoms with Gasteiger partial charge in [0.05, 0.1) is 6.20 Å². The Balaban J connectivity index is 1.28. The van der Waals surface area contributed by atoms with E-state index in [1.807, 2.05) is 43.8 Å². The summed E-state index contributed by atoms with van der Waals surface area (Å²) >= 11 is 1.95. The minimum Gasteiger partial charge on any atom is -0.488 e. The van der Waals surface area contributed by atoms with Crippen LogP contribution in [0.15, 0.2) is 12.3 Å². The third kappa shape index (κ3) is 5.81. The molecule has 3 aliphatic heterocycles. The van der Waals surface area contributed by atoms with Crippen LogP contribution in [0.4, 0.5) is 10.6 Å². The smallest absolute Gasteiger partial charge is 0.410 e. The zero-order valence-electron chi connectivity index (χ0n) is 20.2. The molecule has 0 aromatic carbocycles. The van der Waals surface area contributed by atoms with Crippen molar-refractivity contribution in [3.8, 4) is 5.75 Å². The first-order chi connectivity index (χ1) is 15.2. The lowest BCUT2D eigenvalue weighted by molar-refractivity contribution is 0.0123. The van der Waals surface area contributed by atoms with Crippen LogP contribution in [0.25, 0.3) is 0 Å². The Hall–Kier alpha value is -1.67. The first kappa shape index (κ1) is 23.5. The second-order valence-electron chi connectivity index (χ2n) is 10.4. The molecular formula is C24H38N4O3S. The molecule has 1 unspecified atom stereocenters. The second-order valence-corrected chi connectivity index (χ2v) is 12.1. The van der Waals surface area contributed by atoms with Gasteiger partial charge in [-0.3, -0.25) is 0 Å². The molecule has 8 heteroatoms. The Kier molecular flexibility index (Phi) is 7.10. The highest BCUT2D eigenvalue weighted by Gasteiger charge is 2.35. The molecule has 0 saturated carbocycles. The zero-order valence-corrected chi connectivity index (χ0v) is 21.0. The van der Waals surface area contributed by atoms with E-state index < -0.39 is 5.60 Å². The standard InChI is InChI=1S/C24H38N4O3S/c1-17(2)32-28-12-10-26(11-13-28)22-15-19-14-20(30-21(19)16-25-22)18-6-8-27(9-7-18)23(29)31-24(3,4)5/h15-18,20H,6-14H2,1-5H3. The van der Waals surface area contributed by atoms with E-state index in [2.05, 4.69) is 29.1 Å². The van der Waals surface area contributed by atoms with Crippen molar-refractivity contribution in [3.63, 3.8) is 0 Å². The first-order valence-corrected chi connectivity index (χ1v) is 12.8. The van der Waals surface area contributed by atoms with Crippen LogP contribution < -0.4 is 9.64 Å². The predicted molar refractivity (Wildman–Crippen MR) is 129 cm³/mol. The number of hydrogen-bond donors (Lipinski definition) is 0. The summed E-state index contributed by atoms with van der Waals surface area (Å²) in [6, 6.07) is 2.23. The highest BCUT2D eigenvalue weighted by molar-refractivity contribution is 7.97. The summed E-state index contributed by atoms with van der Waals surface area (Å²) in [6.45, 7) is 15.9. The van der Waals surface area contributed by atoms with Gasteiger partial charge in [-0.15, -0.1) is 0 Å². The van der Waals surface area contributed by atoms with Crippen LogP contribution in [-0.2, 0) is 11.2 Å². The number of aromatic nitrogens is 1. The molecule has 7 nitrogen and oxygen atoms in total. The van der Waals surface area contributed by atoms with Crippen molar-refractivity contribution in [1.29, 1.82) is 0 Å². The molecule has 0 radical (unpaired) electrons. The number of piperazine rings is 1. The molecule has 0 spiro atoms. The third-order valence-corrected chi connectivity index (χ3v) is 7.36. The molecule has 2 fully saturated rings. The van der Waals surface area contributed by atoms with Crippen molar-refractivity contribution in [3.05, 3.63) is 17.8 Å². The number of hydrogen-bond acceptors (Lipinski definition) is 7. The summed E-state index contributed by atoms with van der Waals surface area (Å²) in [7, 11) is 0. The second kappa shape index (κ2) is 9.67. The van der Waals surface area contributed by atoms with Crippen LogP contribution >= 0.6 is 11.9 Å². The predicted octanol–water partition coefficient (Wildman–Crippen LogP) is 4.21. The number of nitrogens with zero attached hydrogens (tertiary/aromatic N) is 4. The van der Waals surface area contributed by atoms with Crippen LogP contribution in [0.2, 0.25) is 0 Å². The number of pyridine rings is 1. The van der Waals surface area contributed by atoms with Gasteiger partial charge >= 0.3 is 6.09 Å². The van der Waals surface area contributed by atoms with Gasteiger partial charge in [0.1, 0.15) is 23.3 Å². The van der Waals surface area contributed by atoms with E-state index in [0.29, 0.717) is 11.2 Å². The van der Waals surface area contributed by atoms with E-state index in [0.717, 1.165) is 70.1 Å². The van der Waals surface area contributed by atoms with E-state index in [-0.39, 0.29) is 12.2 Å². The largest absolute Gasteiger partial charge is 0.488 e. The first-order valence-electron chi connectivity index (χ1n) is 12.0. The van der Waals surface area contributed by atoms with E-state index in [1.165, 1.54) is 5.56 Å². The Morgan fingerprint density at radius 1 is 1.16 bits per heavy atom. The molecule has 178 valence electrons. The Bertz CT molecular complexity index is 797. The maximum atomic E-state index is 12.3. The van der Waals surface area contributed by atoms with E-state index in [4.69, 9.17) is 14.5 Å². The van der Waals surface area contributed by atoms with Gasteiger partial charge in [0, 0.05) is 56.5 Å². The van der Waals surface area contributed by atoms with E-state index >= 15 is 0 Å². The molecule has 0 aliphatic carbocycles. The zero-order chi connectivity index (χ0) is 22.9. The number of carbonyl (C=O) groups is 1. The van der Waals surface area contributed by atoms with Gasteiger partial charge in [0.2, 0.25) is 0 Å². The highest BCUT2D eigenvalue weighted by Crippen LogP contribution is 2.36. The van der Waals surface area contributed by atoms with Crippen molar-refractivity contribution in [1.82, 2.24) is 14.2 Å². The summed E-state index contributed by atoms with van der Waals surface area (Å²) in [5.41, 5.74) is 0.822. The molecule has 1 atom stereocenters. The minimum absolute atomic E-state index is 0.183. The van der Waals surface area contributed by atoms with E-state index in [1.54, 1.807) is 0 Å². The fraction of sp³-hybridized carbons (Fsp3) is 0.750. The third-order valence-electron chi connectivity index (χ3n) is 6.27. The number of rotatable bonds is 4. The van der Waals surface area contributed by atoms with Gasteiger partial charge in [0.15, 0.2) is 0 Å². The molecule has 1 aromatic heterocycles. The lowest BCUT2D eigenvalue weighted by Gasteiger charge is -2.35. The number of piperidine rings is 1. The van der Waals surface area contributed by atoms with Crippen molar-refractivity contribution >= 4 is 23.9 Å². The summed E-state index contributed by atoms with van der Waals surface area (Å²) in [4.78, 5) is 21.3. The molecule has 32 heavy (non-hydrogen) atoms. The van der Waals surface area contributed by atoms with Crippen LogP contribution in [0.3, 0.4) is 0 Å². The van der Waals surface area contributed by atoms with Crippen molar-refractivity contribution < 1.29 is 14.3 Å². The maximum Gasteiger partial charge on any atom is 0.410 e. The van der Waals surface area contributed by atoms with Crippen molar-refractivity contribution in [2.45, 2.75) is 70.8 Å². The molecule has 3 aliphatic rings. The quantitative estimate of drug-likeness (QED) is 0.621. The maximum absolute atomic E-state index is 12.3. The highest BCUT2D eigenvalue weighted by atomic mass is 32.2. The number of anilines is 1. The number of fused-ring (bicyclic) bond motifs is 1. The van der Waals surface area contributed by atoms with Crippen molar-refractivity contribution in [2.75, 3.05) is 44.2 Å².